The molecule has 1 amide bonds. The fourth-order valence-electron chi connectivity index (χ4n) is 2.80. The quantitative estimate of drug-likeness (QED) is 0.553. The lowest BCUT2D eigenvalue weighted by atomic mass is 10.0. The van der Waals surface area contributed by atoms with Crippen molar-refractivity contribution in [3.05, 3.63) is 52.0 Å². The third kappa shape index (κ3) is 3.15. The minimum absolute atomic E-state index is 0.0481. The molecule has 0 aliphatic heterocycles. The zero-order valence-electron chi connectivity index (χ0n) is 14.2. The van der Waals surface area contributed by atoms with Crippen LogP contribution < -0.4 is 5.32 Å². The van der Waals surface area contributed by atoms with Crippen LogP contribution >= 0.6 is 22.7 Å². The van der Waals surface area contributed by atoms with E-state index in [9.17, 15) is 4.79 Å². The lowest BCUT2D eigenvalue weighted by Gasteiger charge is -2.05. The maximum atomic E-state index is 12.4. The van der Waals surface area contributed by atoms with Gasteiger partial charge in [-0.05, 0) is 49.6 Å². The van der Waals surface area contributed by atoms with Crippen molar-refractivity contribution >= 4 is 54.1 Å². The van der Waals surface area contributed by atoms with Gasteiger partial charge in [-0.1, -0.05) is 29.5 Å². The second-order valence-electron chi connectivity index (χ2n) is 6.16. The SMILES string of the molecule is Cc1nc2c(ccc3nc(NC(=O)Cc4ccc(C)c(C)c4)sc32)s1. The Kier molecular flexibility index (Phi) is 4.01. The molecule has 4 nitrogen and oxygen atoms in total. The van der Waals surface area contributed by atoms with Gasteiger partial charge in [0.25, 0.3) is 0 Å². The van der Waals surface area contributed by atoms with Crippen LogP contribution in [0.5, 0.6) is 0 Å². The van der Waals surface area contributed by atoms with E-state index in [0.29, 0.717) is 11.6 Å². The topological polar surface area (TPSA) is 54.9 Å². The zero-order chi connectivity index (χ0) is 17.6. The number of fused-ring (bicyclic) bond motifs is 3. The van der Waals surface area contributed by atoms with Crippen LogP contribution in [0.4, 0.5) is 5.13 Å². The summed E-state index contributed by atoms with van der Waals surface area (Å²) in [6.07, 6.45) is 0.349. The number of anilines is 1. The monoisotopic (exact) mass is 367 g/mol. The minimum atomic E-state index is -0.0481. The molecule has 1 N–H and O–H groups in total. The lowest BCUT2D eigenvalue weighted by molar-refractivity contribution is -0.115. The molecular formula is C19H17N3OS2. The van der Waals surface area contributed by atoms with Crippen molar-refractivity contribution < 1.29 is 4.79 Å². The van der Waals surface area contributed by atoms with E-state index in [2.05, 4.69) is 41.3 Å². The smallest absolute Gasteiger partial charge is 0.230 e. The van der Waals surface area contributed by atoms with Crippen LogP contribution in [0, 0.1) is 20.8 Å². The molecule has 0 spiro atoms. The molecule has 0 aliphatic rings. The molecule has 0 fully saturated rings. The molecule has 0 radical (unpaired) electrons. The number of aromatic nitrogens is 2. The lowest BCUT2D eigenvalue weighted by Crippen LogP contribution is -2.14. The van der Waals surface area contributed by atoms with Crippen LogP contribution in [0.15, 0.2) is 30.3 Å². The summed E-state index contributed by atoms with van der Waals surface area (Å²) < 4.78 is 2.19. The summed E-state index contributed by atoms with van der Waals surface area (Å²) in [5.74, 6) is -0.0481. The summed E-state index contributed by atoms with van der Waals surface area (Å²) in [5, 5.41) is 4.59. The fraction of sp³-hybridized carbons (Fsp3) is 0.211. The highest BCUT2D eigenvalue weighted by atomic mass is 32.1. The first kappa shape index (κ1) is 16.2. The van der Waals surface area contributed by atoms with E-state index >= 15 is 0 Å². The Morgan fingerprint density at radius 1 is 1.04 bits per heavy atom. The Hall–Kier alpha value is -2.31. The predicted molar refractivity (Wildman–Crippen MR) is 106 cm³/mol. The second kappa shape index (κ2) is 6.20. The number of aryl methyl sites for hydroxylation is 3. The van der Waals surface area contributed by atoms with Crippen LogP contribution in [0.1, 0.15) is 21.7 Å². The molecule has 0 saturated carbocycles. The van der Waals surface area contributed by atoms with Gasteiger partial charge in [0.05, 0.1) is 26.3 Å². The molecule has 0 unspecified atom stereocenters. The Balaban J connectivity index is 1.58. The summed E-state index contributed by atoms with van der Waals surface area (Å²) in [5.41, 5.74) is 5.31. The van der Waals surface area contributed by atoms with E-state index in [0.717, 1.165) is 31.0 Å². The van der Waals surface area contributed by atoms with Gasteiger partial charge in [0.15, 0.2) is 5.13 Å². The van der Waals surface area contributed by atoms with E-state index in [1.165, 1.54) is 22.5 Å². The number of benzene rings is 2. The van der Waals surface area contributed by atoms with Crippen LogP contribution in [0.25, 0.3) is 20.4 Å². The minimum Gasteiger partial charge on any atom is -0.302 e. The van der Waals surface area contributed by atoms with Crippen molar-refractivity contribution in [2.75, 3.05) is 5.32 Å². The number of hydrogen-bond acceptors (Lipinski definition) is 5. The van der Waals surface area contributed by atoms with Crippen molar-refractivity contribution in [2.24, 2.45) is 0 Å². The van der Waals surface area contributed by atoms with Crippen molar-refractivity contribution in [1.82, 2.24) is 9.97 Å². The van der Waals surface area contributed by atoms with Gasteiger partial charge in [-0.2, -0.15) is 0 Å². The molecule has 0 atom stereocenters. The van der Waals surface area contributed by atoms with Gasteiger partial charge in [0, 0.05) is 0 Å². The number of carbonyl (C=O) groups excluding carboxylic acids is 1. The average molecular weight is 367 g/mol. The molecule has 0 saturated heterocycles. The molecule has 4 rings (SSSR count). The van der Waals surface area contributed by atoms with Crippen LogP contribution in [0.3, 0.4) is 0 Å². The van der Waals surface area contributed by atoms with Crippen LogP contribution in [0.2, 0.25) is 0 Å². The molecule has 0 aliphatic carbocycles. The number of rotatable bonds is 3. The molecule has 6 heteroatoms. The molecular weight excluding hydrogens is 350 g/mol. The Morgan fingerprint density at radius 2 is 1.88 bits per heavy atom. The zero-order valence-corrected chi connectivity index (χ0v) is 15.8. The van der Waals surface area contributed by atoms with Crippen molar-refractivity contribution in [2.45, 2.75) is 27.2 Å². The standard InChI is InChI=1S/C19H17N3OS2/c1-10-4-5-13(8-11(10)2)9-16(23)22-19-21-14-6-7-15-17(18(14)25-19)20-12(3)24-15/h4-8H,9H2,1-3H3,(H,21,22,23). The van der Waals surface area contributed by atoms with Crippen molar-refractivity contribution in [3.63, 3.8) is 0 Å². The fourth-order valence-corrected chi connectivity index (χ4v) is 4.68. The highest BCUT2D eigenvalue weighted by molar-refractivity contribution is 7.24. The first-order valence-electron chi connectivity index (χ1n) is 8.02. The molecule has 4 aromatic rings. The van der Waals surface area contributed by atoms with E-state index in [4.69, 9.17) is 0 Å². The number of hydrogen-bond donors (Lipinski definition) is 1. The van der Waals surface area contributed by atoms with Gasteiger partial charge in [0.1, 0.15) is 5.52 Å². The van der Waals surface area contributed by atoms with Crippen molar-refractivity contribution in [1.29, 1.82) is 0 Å². The number of nitrogens with zero attached hydrogens (tertiary/aromatic N) is 2. The summed E-state index contributed by atoms with van der Waals surface area (Å²) in [6.45, 7) is 6.14. The number of thiazole rings is 2. The molecule has 2 aromatic heterocycles. The van der Waals surface area contributed by atoms with E-state index in [1.807, 2.05) is 25.1 Å². The van der Waals surface area contributed by atoms with Crippen LogP contribution in [-0.2, 0) is 11.2 Å². The average Bonchev–Trinajstić information content (AvgIpc) is 3.12. The van der Waals surface area contributed by atoms with E-state index in [1.54, 1.807) is 11.3 Å². The summed E-state index contributed by atoms with van der Waals surface area (Å²) in [7, 11) is 0. The Labute approximate surface area is 153 Å². The van der Waals surface area contributed by atoms with Crippen LogP contribution in [-0.4, -0.2) is 15.9 Å². The third-order valence-electron chi connectivity index (χ3n) is 4.20. The summed E-state index contributed by atoms with van der Waals surface area (Å²) in [6, 6.07) is 10.2. The molecule has 2 heterocycles. The van der Waals surface area contributed by atoms with Gasteiger partial charge < -0.3 is 5.32 Å². The maximum absolute atomic E-state index is 12.4. The number of nitrogens with one attached hydrogen (secondary N) is 1. The van der Waals surface area contributed by atoms with Gasteiger partial charge in [-0.3, -0.25) is 4.79 Å². The first-order valence-corrected chi connectivity index (χ1v) is 9.65. The Morgan fingerprint density at radius 3 is 2.68 bits per heavy atom. The molecule has 126 valence electrons. The van der Waals surface area contributed by atoms with E-state index in [-0.39, 0.29) is 5.91 Å². The van der Waals surface area contributed by atoms with Gasteiger partial charge in [-0.25, -0.2) is 9.97 Å². The first-order chi connectivity index (χ1) is 12.0. The molecule has 0 bridgehead atoms. The number of carbonyl (C=O) groups is 1. The second-order valence-corrected chi connectivity index (χ2v) is 8.39. The van der Waals surface area contributed by atoms with Crippen molar-refractivity contribution in [3.8, 4) is 0 Å². The Bertz CT molecular complexity index is 1110. The number of amides is 1. The third-order valence-corrected chi connectivity index (χ3v) is 6.13. The maximum Gasteiger partial charge on any atom is 0.230 e. The van der Waals surface area contributed by atoms with Gasteiger partial charge >= 0.3 is 0 Å². The van der Waals surface area contributed by atoms with Gasteiger partial charge in [0.2, 0.25) is 5.91 Å². The normalized spacial score (nSPS) is 11.3. The highest BCUT2D eigenvalue weighted by Crippen LogP contribution is 2.34. The summed E-state index contributed by atoms with van der Waals surface area (Å²) >= 11 is 3.16. The summed E-state index contributed by atoms with van der Waals surface area (Å²) in [4.78, 5) is 21.5. The largest absolute Gasteiger partial charge is 0.302 e. The molecule has 25 heavy (non-hydrogen) atoms. The molecule has 2 aromatic carbocycles. The predicted octanol–water partition coefficient (Wildman–Crippen LogP) is 5.01. The van der Waals surface area contributed by atoms with Gasteiger partial charge in [-0.15, -0.1) is 11.3 Å². The highest BCUT2D eigenvalue weighted by Gasteiger charge is 2.13. The van der Waals surface area contributed by atoms with E-state index < -0.39 is 0 Å².